The fourth-order valence-electron chi connectivity index (χ4n) is 5.98. The smallest absolute Gasteiger partial charge is 0.127 e. The molecule has 5 nitrogen and oxygen atoms in total. The number of aromatic nitrogens is 2. The molecule has 43 heavy (non-hydrogen) atoms. The van der Waals surface area contributed by atoms with Gasteiger partial charge in [-0.3, -0.25) is 0 Å². The molecule has 0 bridgehead atoms. The van der Waals surface area contributed by atoms with E-state index in [-0.39, 0.29) is 0 Å². The normalized spacial score (nSPS) is 14.3. The molecule has 4 aromatic rings. The highest BCUT2D eigenvalue weighted by molar-refractivity contribution is 6.30. The fraction of sp³-hybridized carbons (Fsp3) is 0.432. The highest BCUT2D eigenvalue weighted by Crippen LogP contribution is 2.30. The van der Waals surface area contributed by atoms with Gasteiger partial charge in [-0.2, -0.15) is 0 Å². The lowest BCUT2D eigenvalue weighted by atomic mass is 9.93. The molecule has 0 amide bonds. The summed E-state index contributed by atoms with van der Waals surface area (Å²) >= 11 is 6.03. The Bertz CT molecular complexity index is 1390. The van der Waals surface area contributed by atoms with Gasteiger partial charge in [-0.15, -0.1) is 0 Å². The molecule has 6 heteroatoms. The first-order valence-corrected chi connectivity index (χ1v) is 16.5. The molecule has 1 aromatic heterocycles. The van der Waals surface area contributed by atoms with E-state index in [0.29, 0.717) is 10.9 Å². The van der Waals surface area contributed by atoms with Crippen molar-refractivity contribution in [2.24, 2.45) is 11.8 Å². The van der Waals surface area contributed by atoms with Crippen LogP contribution >= 0.6 is 11.6 Å². The average Bonchev–Trinajstić information content (AvgIpc) is 3.47. The molecule has 1 aliphatic heterocycles. The van der Waals surface area contributed by atoms with E-state index in [0.717, 1.165) is 71.9 Å². The summed E-state index contributed by atoms with van der Waals surface area (Å²) in [5.41, 5.74) is 3.18. The molecule has 0 N–H and O–H groups in total. The molecule has 0 atom stereocenters. The van der Waals surface area contributed by atoms with E-state index in [1.807, 2.05) is 36.4 Å². The molecule has 0 radical (unpaired) electrons. The Morgan fingerprint density at radius 3 is 2.09 bits per heavy atom. The van der Waals surface area contributed by atoms with Gasteiger partial charge in [0.05, 0.1) is 12.3 Å². The van der Waals surface area contributed by atoms with Crippen LogP contribution in [0.2, 0.25) is 5.02 Å². The van der Waals surface area contributed by atoms with Gasteiger partial charge in [0, 0.05) is 28.9 Å². The average molecular weight is 600 g/mol. The second-order valence-corrected chi connectivity index (χ2v) is 12.2. The van der Waals surface area contributed by atoms with Crippen molar-refractivity contribution < 1.29 is 9.47 Å². The summed E-state index contributed by atoms with van der Waals surface area (Å²) in [4.78, 5) is 7.74. The van der Waals surface area contributed by atoms with Crippen LogP contribution in [0.4, 0.5) is 0 Å². The van der Waals surface area contributed by atoms with Crippen LogP contribution in [0.5, 0.6) is 17.2 Å². The molecular weight excluding hydrogens is 554 g/mol. The molecule has 228 valence electrons. The van der Waals surface area contributed by atoms with E-state index in [9.17, 15) is 0 Å². The largest absolute Gasteiger partial charge is 0.494 e. The van der Waals surface area contributed by atoms with Gasteiger partial charge in [0.1, 0.15) is 23.1 Å². The molecule has 1 aliphatic rings. The second kappa shape index (κ2) is 15.4. The van der Waals surface area contributed by atoms with E-state index in [4.69, 9.17) is 26.1 Å². The second-order valence-electron chi connectivity index (χ2n) is 11.7. The fourth-order valence-corrected chi connectivity index (χ4v) is 6.11. The molecule has 2 heterocycles. The van der Waals surface area contributed by atoms with Crippen LogP contribution in [-0.2, 0) is 6.42 Å². The van der Waals surface area contributed by atoms with Crippen molar-refractivity contribution in [3.63, 3.8) is 0 Å². The van der Waals surface area contributed by atoms with Gasteiger partial charge < -0.3 is 18.9 Å². The molecule has 0 spiro atoms. The van der Waals surface area contributed by atoms with Crippen molar-refractivity contribution in [1.82, 2.24) is 14.5 Å². The predicted octanol–water partition coefficient (Wildman–Crippen LogP) is 9.85. The third-order valence-electron chi connectivity index (χ3n) is 8.90. The molecule has 0 unspecified atom stereocenters. The first-order valence-electron chi connectivity index (χ1n) is 16.1. The zero-order chi connectivity index (χ0) is 30.0. The summed E-state index contributed by atoms with van der Waals surface area (Å²) < 4.78 is 14.4. The number of hydrogen-bond acceptors (Lipinski definition) is 4. The maximum Gasteiger partial charge on any atom is 0.127 e. The summed E-state index contributed by atoms with van der Waals surface area (Å²) in [5.74, 6) is 5.03. The van der Waals surface area contributed by atoms with Crippen LogP contribution in [0.3, 0.4) is 0 Å². The standard InChI is InChI=1S/C37H46ClN3O2/c1-4-28(5-2)8-7-25-42-33-15-9-30(10-16-33)36-27-41(37(39-36)26-29-21-23-40(6-3)24-22-29)32-13-19-35(20-14-32)43-34-17-11-31(38)12-18-34/h9-20,27-29H,4-8,21-26H2,1-3H3. The zero-order valence-corrected chi connectivity index (χ0v) is 26.7. The Hall–Kier alpha value is -3.28. The lowest BCUT2D eigenvalue weighted by Gasteiger charge is -2.30. The highest BCUT2D eigenvalue weighted by Gasteiger charge is 2.22. The third-order valence-corrected chi connectivity index (χ3v) is 9.15. The van der Waals surface area contributed by atoms with Gasteiger partial charge in [0.15, 0.2) is 0 Å². The van der Waals surface area contributed by atoms with E-state index < -0.39 is 0 Å². The van der Waals surface area contributed by atoms with Crippen LogP contribution in [0, 0.1) is 11.8 Å². The lowest BCUT2D eigenvalue weighted by molar-refractivity contribution is 0.190. The van der Waals surface area contributed by atoms with Crippen molar-refractivity contribution >= 4 is 11.6 Å². The van der Waals surface area contributed by atoms with Gasteiger partial charge in [0.25, 0.3) is 0 Å². The number of nitrogens with zero attached hydrogens (tertiary/aromatic N) is 3. The minimum atomic E-state index is 0.639. The minimum Gasteiger partial charge on any atom is -0.494 e. The number of benzene rings is 3. The summed E-state index contributed by atoms with van der Waals surface area (Å²) in [6, 6.07) is 24.1. The quantitative estimate of drug-likeness (QED) is 0.135. The van der Waals surface area contributed by atoms with Crippen molar-refractivity contribution in [2.45, 2.75) is 65.7 Å². The number of likely N-dealkylation sites (tertiary alicyclic amines) is 1. The van der Waals surface area contributed by atoms with Gasteiger partial charge >= 0.3 is 0 Å². The number of rotatable bonds is 14. The molecule has 0 saturated carbocycles. The van der Waals surface area contributed by atoms with Gasteiger partial charge in [-0.1, -0.05) is 45.2 Å². The van der Waals surface area contributed by atoms with Crippen LogP contribution < -0.4 is 9.47 Å². The Kier molecular flexibility index (Phi) is 11.2. The summed E-state index contributed by atoms with van der Waals surface area (Å²) in [6.45, 7) is 11.1. The maximum absolute atomic E-state index is 6.06. The molecule has 1 saturated heterocycles. The summed E-state index contributed by atoms with van der Waals surface area (Å²) in [5, 5.41) is 0.696. The topological polar surface area (TPSA) is 39.5 Å². The Morgan fingerprint density at radius 2 is 1.47 bits per heavy atom. The number of piperidine rings is 1. The molecule has 0 aliphatic carbocycles. The molecule has 3 aromatic carbocycles. The lowest BCUT2D eigenvalue weighted by Crippen LogP contribution is -2.34. The Labute approximate surface area is 262 Å². The van der Waals surface area contributed by atoms with Crippen molar-refractivity contribution in [3.05, 3.63) is 89.8 Å². The first-order chi connectivity index (χ1) is 21.0. The highest BCUT2D eigenvalue weighted by atomic mass is 35.5. The molecular formula is C37H46ClN3O2. The van der Waals surface area contributed by atoms with E-state index in [2.05, 4.69) is 72.8 Å². The first kappa shape index (κ1) is 31.2. The van der Waals surface area contributed by atoms with Crippen LogP contribution in [-0.4, -0.2) is 40.7 Å². The Morgan fingerprint density at radius 1 is 0.837 bits per heavy atom. The van der Waals surface area contributed by atoms with Crippen molar-refractivity contribution in [3.8, 4) is 34.2 Å². The van der Waals surface area contributed by atoms with Crippen LogP contribution in [0.15, 0.2) is 79.0 Å². The van der Waals surface area contributed by atoms with Crippen LogP contribution in [0.1, 0.15) is 65.1 Å². The van der Waals surface area contributed by atoms with Crippen molar-refractivity contribution in [1.29, 1.82) is 0 Å². The van der Waals surface area contributed by atoms with E-state index >= 15 is 0 Å². The molecule has 5 rings (SSSR count). The monoisotopic (exact) mass is 599 g/mol. The number of ether oxygens (including phenoxy) is 2. The van der Waals surface area contributed by atoms with Gasteiger partial charge in [-0.25, -0.2) is 4.98 Å². The van der Waals surface area contributed by atoms with Gasteiger partial charge in [0.2, 0.25) is 0 Å². The summed E-state index contributed by atoms with van der Waals surface area (Å²) in [7, 11) is 0. The third kappa shape index (κ3) is 8.64. The number of hydrogen-bond donors (Lipinski definition) is 0. The van der Waals surface area contributed by atoms with Crippen LogP contribution in [0.25, 0.3) is 16.9 Å². The van der Waals surface area contributed by atoms with E-state index in [1.54, 1.807) is 0 Å². The van der Waals surface area contributed by atoms with E-state index in [1.165, 1.54) is 45.2 Å². The zero-order valence-electron chi connectivity index (χ0n) is 26.0. The minimum absolute atomic E-state index is 0.639. The molecule has 1 fully saturated rings. The number of imidazole rings is 1. The van der Waals surface area contributed by atoms with Crippen molar-refractivity contribution in [2.75, 3.05) is 26.2 Å². The SMILES string of the molecule is CCC(CC)CCCOc1ccc(-c2cn(-c3ccc(Oc4ccc(Cl)cc4)cc3)c(CC3CCN(CC)CC3)n2)cc1. The predicted molar refractivity (Wildman–Crippen MR) is 178 cm³/mol. The van der Waals surface area contributed by atoms with Gasteiger partial charge in [-0.05, 0) is 130 Å². The maximum atomic E-state index is 6.06. The number of halogens is 1. The Balaban J connectivity index is 1.31. The summed E-state index contributed by atoms with van der Waals surface area (Å²) in [6.07, 6.45) is 10.4.